The second-order valence-electron chi connectivity index (χ2n) is 6.81. The van der Waals surface area contributed by atoms with Gasteiger partial charge in [-0.05, 0) is 58.8 Å². The summed E-state index contributed by atoms with van der Waals surface area (Å²) < 4.78 is 7.40. The summed E-state index contributed by atoms with van der Waals surface area (Å²) in [6.07, 6.45) is 9.31. The Bertz CT molecular complexity index is 861. The van der Waals surface area contributed by atoms with Crippen LogP contribution in [0.1, 0.15) is 51.0 Å². The van der Waals surface area contributed by atoms with Gasteiger partial charge in [0.15, 0.2) is 0 Å². The molecule has 0 bridgehead atoms. The Balaban J connectivity index is 1.43. The Labute approximate surface area is 171 Å². The summed E-state index contributed by atoms with van der Waals surface area (Å²) in [7, 11) is 0. The summed E-state index contributed by atoms with van der Waals surface area (Å²) in [6.45, 7) is 3.00. The Morgan fingerprint density at radius 1 is 0.966 bits per heavy atom. The van der Waals surface area contributed by atoms with Gasteiger partial charge in [0.25, 0.3) is 5.95 Å². The Hall–Kier alpha value is -3.22. The van der Waals surface area contributed by atoms with E-state index in [-0.39, 0.29) is 0 Å². The van der Waals surface area contributed by atoms with Gasteiger partial charge in [0, 0.05) is 0 Å². The number of para-hydroxylation sites is 1. The maximum absolute atomic E-state index is 5.81. The van der Waals surface area contributed by atoms with Gasteiger partial charge in [-0.1, -0.05) is 62.3 Å². The van der Waals surface area contributed by atoms with Gasteiger partial charge >= 0.3 is 0 Å². The summed E-state index contributed by atoms with van der Waals surface area (Å²) in [5.74, 6) is 1.34. The number of benzene rings is 2. The molecule has 2 aromatic carbocycles. The minimum absolute atomic E-state index is 0.450. The maximum atomic E-state index is 5.81. The van der Waals surface area contributed by atoms with E-state index in [9.17, 15) is 0 Å². The van der Waals surface area contributed by atoms with Crippen LogP contribution in [0.5, 0.6) is 5.75 Å². The lowest BCUT2D eigenvalue weighted by atomic mass is 10.1. The zero-order valence-corrected chi connectivity index (χ0v) is 16.9. The van der Waals surface area contributed by atoms with Crippen molar-refractivity contribution in [3.05, 3.63) is 60.2 Å². The normalized spacial score (nSPS) is 11.1. The molecular weight excluding hydrogens is 364 g/mol. The van der Waals surface area contributed by atoms with Crippen LogP contribution < -0.4 is 10.2 Å². The fourth-order valence-corrected chi connectivity index (χ4v) is 2.89. The van der Waals surface area contributed by atoms with Crippen molar-refractivity contribution < 1.29 is 4.74 Å². The average molecular weight is 393 g/mol. The first kappa shape index (κ1) is 20.5. The van der Waals surface area contributed by atoms with Crippen LogP contribution in [0.3, 0.4) is 0 Å². The first-order chi connectivity index (χ1) is 14.4. The monoisotopic (exact) mass is 392 g/mol. The largest absolute Gasteiger partial charge is 0.494 e. The van der Waals surface area contributed by atoms with Crippen molar-refractivity contribution in [2.75, 3.05) is 12.0 Å². The lowest BCUT2D eigenvalue weighted by Gasteiger charge is -2.06. The van der Waals surface area contributed by atoms with Crippen LogP contribution in [0.15, 0.2) is 59.7 Å². The van der Waals surface area contributed by atoms with Crippen LogP contribution in [-0.2, 0) is 0 Å². The van der Waals surface area contributed by atoms with Crippen molar-refractivity contribution in [1.82, 2.24) is 20.2 Å². The third-order valence-corrected chi connectivity index (χ3v) is 4.50. The predicted octanol–water partition coefficient (Wildman–Crippen LogP) is 4.85. The number of hydrazone groups is 1. The van der Waals surface area contributed by atoms with Gasteiger partial charge in [0.1, 0.15) is 5.75 Å². The van der Waals surface area contributed by atoms with Crippen LogP contribution in [0.4, 0.5) is 5.95 Å². The highest BCUT2D eigenvalue weighted by Gasteiger charge is 2.06. The number of ether oxygens (including phenoxy) is 1. The van der Waals surface area contributed by atoms with E-state index < -0.39 is 0 Å². The molecule has 29 heavy (non-hydrogen) atoms. The highest BCUT2D eigenvalue weighted by atomic mass is 16.5. The molecule has 0 aliphatic heterocycles. The Morgan fingerprint density at radius 2 is 1.72 bits per heavy atom. The van der Waals surface area contributed by atoms with Gasteiger partial charge < -0.3 is 4.74 Å². The Kier molecular flexibility index (Phi) is 8.19. The molecule has 0 aliphatic carbocycles. The van der Waals surface area contributed by atoms with Crippen LogP contribution in [0.25, 0.3) is 5.69 Å². The van der Waals surface area contributed by atoms with Gasteiger partial charge in [0.05, 0.1) is 18.5 Å². The smallest absolute Gasteiger partial charge is 0.268 e. The zero-order chi connectivity index (χ0) is 20.2. The second kappa shape index (κ2) is 11.6. The van der Waals surface area contributed by atoms with Gasteiger partial charge in [-0.15, -0.1) is 0 Å². The number of anilines is 1. The molecule has 0 fully saturated rings. The maximum Gasteiger partial charge on any atom is 0.268 e. The molecule has 3 aromatic rings. The molecule has 1 N–H and O–H groups in total. The summed E-state index contributed by atoms with van der Waals surface area (Å²) in [5.41, 5.74) is 4.71. The average Bonchev–Trinajstić information content (AvgIpc) is 3.23. The molecule has 7 nitrogen and oxygen atoms in total. The van der Waals surface area contributed by atoms with Crippen molar-refractivity contribution in [1.29, 1.82) is 0 Å². The molecule has 152 valence electrons. The topological polar surface area (TPSA) is 77.2 Å². The van der Waals surface area contributed by atoms with Crippen molar-refractivity contribution in [2.24, 2.45) is 5.10 Å². The highest BCUT2D eigenvalue weighted by molar-refractivity contribution is 5.80. The van der Waals surface area contributed by atoms with Gasteiger partial charge in [-0.2, -0.15) is 9.78 Å². The molecule has 0 spiro atoms. The molecule has 0 aliphatic rings. The van der Waals surface area contributed by atoms with E-state index >= 15 is 0 Å². The quantitative estimate of drug-likeness (QED) is 0.271. The Morgan fingerprint density at radius 3 is 2.52 bits per heavy atom. The number of tetrazole rings is 1. The first-order valence-corrected chi connectivity index (χ1v) is 10.2. The third kappa shape index (κ3) is 6.71. The molecule has 1 aromatic heterocycles. The summed E-state index contributed by atoms with van der Waals surface area (Å²) in [6, 6.07) is 17.5. The van der Waals surface area contributed by atoms with Crippen molar-refractivity contribution in [2.45, 2.75) is 45.4 Å². The van der Waals surface area contributed by atoms with E-state index in [0.29, 0.717) is 5.95 Å². The van der Waals surface area contributed by atoms with E-state index in [2.05, 4.69) is 33.0 Å². The zero-order valence-electron chi connectivity index (χ0n) is 16.9. The molecule has 0 atom stereocenters. The highest BCUT2D eigenvalue weighted by Crippen LogP contribution is 2.13. The van der Waals surface area contributed by atoms with Crippen molar-refractivity contribution >= 4 is 12.2 Å². The SMILES string of the molecule is CCCCCCCCOc1ccc(/C=N\Nc2nnnn2-c2ccccc2)cc1. The molecule has 3 rings (SSSR count). The predicted molar refractivity (Wildman–Crippen MR) is 116 cm³/mol. The molecule has 0 unspecified atom stereocenters. The molecule has 0 saturated heterocycles. The molecule has 0 radical (unpaired) electrons. The van der Waals surface area contributed by atoms with E-state index in [1.54, 1.807) is 10.9 Å². The first-order valence-electron chi connectivity index (χ1n) is 10.2. The van der Waals surface area contributed by atoms with Crippen molar-refractivity contribution in [3.63, 3.8) is 0 Å². The number of nitrogens with one attached hydrogen (secondary N) is 1. The van der Waals surface area contributed by atoms with Crippen LogP contribution in [-0.4, -0.2) is 33.0 Å². The minimum atomic E-state index is 0.450. The second-order valence-corrected chi connectivity index (χ2v) is 6.81. The molecular formula is C22H28N6O. The van der Waals surface area contributed by atoms with Crippen LogP contribution >= 0.6 is 0 Å². The molecule has 0 amide bonds. The number of hydrogen-bond donors (Lipinski definition) is 1. The molecule has 7 heteroatoms. The van der Waals surface area contributed by atoms with Crippen molar-refractivity contribution in [3.8, 4) is 11.4 Å². The van der Waals surface area contributed by atoms with Gasteiger partial charge in [-0.25, -0.2) is 5.43 Å². The van der Waals surface area contributed by atoms with Gasteiger partial charge in [-0.3, -0.25) is 0 Å². The van der Waals surface area contributed by atoms with Gasteiger partial charge in [0.2, 0.25) is 0 Å². The van der Waals surface area contributed by atoms with Crippen LogP contribution in [0.2, 0.25) is 0 Å². The molecule has 1 heterocycles. The fraction of sp³-hybridized carbons (Fsp3) is 0.364. The number of aromatic nitrogens is 4. The summed E-state index contributed by atoms with van der Waals surface area (Å²) in [5, 5.41) is 15.9. The standard InChI is InChI=1S/C22H28N6O/c1-2-3-4-5-6-10-17-29-21-15-13-19(14-16-21)18-23-24-22-25-26-27-28(22)20-11-8-7-9-12-20/h7-9,11-16,18H,2-6,10,17H2,1H3,(H,24,25,27)/b23-18-. The molecule has 0 saturated carbocycles. The van der Waals surface area contributed by atoms with Crippen LogP contribution in [0, 0.1) is 0 Å². The fourth-order valence-electron chi connectivity index (χ4n) is 2.89. The van der Waals surface area contributed by atoms with E-state index in [4.69, 9.17) is 4.74 Å². The third-order valence-electron chi connectivity index (χ3n) is 4.50. The number of unbranched alkanes of at least 4 members (excludes halogenated alkanes) is 5. The van der Waals surface area contributed by atoms with E-state index in [1.807, 2.05) is 54.6 Å². The summed E-state index contributed by atoms with van der Waals surface area (Å²) >= 11 is 0. The number of hydrogen-bond acceptors (Lipinski definition) is 6. The lowest BCUT2D eigenvalue weighted by molar-refractivity contribution is 0.304. The minimum Gasteiger partial charge on any atom is -0.494 e. The lowest BCUT2D eigenvalue weighted by Crippen LogP contribution is -2.03. The van der Waals surface area contributed by atoms with E-state index in [1.165, 1.54) is 32.1 Å². The number of rotatable bonds is 12. The van der Waals surface area contributed by atoms with E-state index in [0.717, 1.165) is 30.0 Å². The number of nitrogens with zero attached hydrogens (tertiary/aromatic N) is 5. The summed E-state index contributed by atoms with van der Waals surface area (Å²) in [4.78, 5) is 0.